The zero-order chi connectivity index (χ0) is 10.1. The highest BCUT2D eigenvalue weighted by Crippen LogP contribution is 2.13. The summed E-state index contributed by atoms with van der Waals surface area (Å²) in [4.78, 5) is 0. The van der Waals surface area contributed by atoms with Crippen LogP contribution >= 0.6 is 0 Å². The van der Waals surface area contributed by atoms with Crippen LogP contribution in [0.4, 0.5) is 0 Å². The minimum atomic E-state index is -0.204. The van der Waals surface area contributed by atoms with Crippen molar-refractivity contribution in [3.05, 3.63) is 17.5 Å². The quantitative estimate of drug-likeness (QED) is 0.698. The third-order valence-electron chi connectivity index (χ3n) is 2.84. The molecule has 0 saturated carbocycles. The molecule has 4 nitrogen and oxygen atoms in total. The third-order valence-corrected chi connectivity index (χ3v) is 2.84. The summed E-state index contributed by atoms with van der Waals surface area (Å²) in [5.41, 5.74) is 2.22. The first-order chi connectivity index (χ1) is 6.66. The van der Waals surface area contributed by atoms with E-state index in [4.69, 9.17) is 0 Å². The molecule has 1 saturated heterocycles. The van der Waals surface area contributed by atoms with Crippen molar-refractivity contribution in [3.63, 3.8) is 0 Å². The molecule has 1 aromatic rings. The number of aryl methyl sites for hydroxylation is 2. The Labute approximate surface area is 83.9 Å². The Bertz CT molecular complexity index is 321. The highest BCUT2D eigenvalue weighted by molar-refractivity contribution is 5.11. The van der Waals surface area contributed by atoms with Crippen LogP contribution in [0.3, 0.4) is 0 Å². The van der Waals surface area contributed by atoms with Gasteiger partial charge in [-0.25, -0.2) is 0 Å². The van der Waals surface area contributed by atoms with E-state index in [0.717, 1.165) is 25.1 Å². The van der Waals surface area contributed by atoms with Crippen molar-refractivity contribution < 1.29 is 5.11 Å². The van der Waals surface area contributed by atoms with E-state index < -0.39 is 0 Å². The fourth-order valence-corrected chi connectivity index (χ4v) is 2.04. The molecule has 0 amide bonds. The zero-order valence-electron chi connectivity index (χ0n) is 8.70. The lowest BCUT2D eigenvalue weighted by Gasteiger charge is -2.14. The van der Waals surface area contributed by atoms with E-state index >= 15 is 0 Å². The first-order valence-electron chi connectivity index (χ1n) is 5.08. The van der Waals surface area contributed by atoms with Crippen LogP contribution in [0.25, 0.3) is 0 Å². The van der Waals surface area contributed by atoms with Crippen LogP contribution in [-0.4, -0.2) is 33.6 Å². The second kappa shape index (κ2) is 3.71. The Morgan fingerprint density at radius 3 is 3.00 bits per heavy atom. The Kier molecular flexibility index (Phi) is 2.56. The van der Waals surface area contributed by atoms with Gasteiger partial charge in [0, 0.05) is 25.2 Å². The Morgan fingerprint density at radius 1 is 1.71 bits per heavy atom. The summed E-state index contributed by atoms with van der Waals surface area (Å²) < 4.78 is 1.89. The summed E-state index contributed by atoms with van der Waals surface area (Å²) in [5.74, 6) is 0. The van der Waals surface area contributed by atoms with Gasteiger partial charge in [-0.15, -0.1) is 0 Å². The Balaban J connectivity index is 2.06. The number of aliphatic hydroxyl groups is 1. The molecule has 1 aliphatic heterocycles. The molecule has 2 rings (SSSR count). The molecule has 2 N–H and O–H groups in total. The number of nitrogens with one attached hydrogen (secondary N) is 1. The van der Waals surface area contributed by atoms with Crippen molar-refractivity contribution in [1.29, 1.82) is 0 Å². The van der Waals surface area contributed by atoms with Gasteiger partial charge in [0.1, 0.15) is 0 Å². The average Bonchev–Trinajstić information content (AvgIpc) is 2.62. The maximum atomic E-state index is 9.66. The summed E-state index contributed by atoms with van der Waals surface area (Å²) in [5, 5.41) is 17.2. The fraction of sp³-hybridized carbons (Fsp3) is 0.700. The van der Waals surface area contributed by atoms with Crippen LogP contribution in [0.5, 0.6) is 0 Å². The summed E-state index contributed by atoms with van der Waals surface area (Å²) >= 11 is 0. The van der Waals surface area contributed by atoms with E-state index in [1.165, 1.54) is 5.69 Å². The van der Waals surface area contributed by atoms with Crippen molar-refractivity contribution >= 4 is 0 Å². The molecule has 2 heterocycles. The van der Waals surface area contributed by atoms with Crippen molar-refractivity contribution in [2.75, 3.05) is 6.54 Å². The molecule has 4 heteroatoms. The number of hydrogen-bond acceptors (Lipinski definition) is 3. The number of aliphatic hydroxyl groups excluding tert-OH is 1. The first kappa shape index (κ1) is 9.68. The summed E-state index contributed by atoms with van der Waals surface area (Å²) in [6.07, 6.45) is 1.52. The molecule has 2 atom stereocenters. The average molecular weight is 195 g/mol. The highest BCUT2D eigenvalue weighted by Gasteiger charge is 2.25. The molecular formula is C10H17N3O. The van der Waals surface area contributed by atoms with Gasteiger partial charge < -0.3 is 10.4 Å². The molecule has 14 heavy (non-hydrogen) atoms. The van der Waals surface area contributed by atoms with E-state index in [0.29, 0.717) is 0 Å². The lowest BCUT2D eigenvalue weighted by Crippen LogP contribution is -2.33. The second-order valence-corrected chi connectivity index (χ2v) is 4.02. The fourth-order valence-electron chi connectivity index (χ4n) is 2.04. The van der Waals surface area contributed by atoms with E-state index in [1.54, 1.807) is 0 Å². The predicted molar refractivity (Wildman–Crippen MR) is 54.1 cm³/mol. The van der Waals surface area contributed by atoms with Crippen LogP contribution in [0.2, 0.25) is 0 Å². The monoisotopic (exact) mass is 195 g/mol. The van der Waals surface area contributed by atoms with Crippen LogP contribution in [0, 0.1) is 6.92 Å². The molecule has 1 aliphatic rings. The van der Waals surface area contributed by atoms with Gasteiger partial charge in [0.05, 0.1) is 11.8 Å². The molecule has 78 valence electrons. The zero-order valence-corrected chi connectivity index (χ0v) is 8.70. The summed E-state index contributed by atoms with van der Waals surface area (Å²) in [6.45, 7) is 2.91. The molecule has 0 spiro atoms. The van der Waals surface area contributed by atoms with Gasteiger partial charge >= 0.3 is 0 Å². The molecule has 2 unspecified atom stereocenters. The normalized spacial score (nSPS) is 27.1. The van der Waals surface area contributed by atoms with Crippen molar-refractivity contribution in [2.24, 2.45) is 7.05 Å². The van der Waals surface area contributed by atoms with Crippen molar-refractivity contribution in [2.45, 2.75) is 31.9 Å². The summed E-state index contributed by atoms with van der Waals surface area (Å²) in [6, 6.07) is 2.27. The molecule has 1 aromatic heterocycles. The van der Waals surface area contributed by atoms with Crippen LogP contribution in [-0.2, 0) is 13.5 Å². The Morgan fingerprint density at radius 2 is 2.50 bits per heavy atom. The lowest BCUT2D eigenvalue weighted by atomic mass is 10.1. The first-order valence-corrected chi connectivity index (χ1v) is 5.08. The number of rotatable bonds is 2. The van der Waals surface area contributed by atoms with Gasteiger partial charge in [0.25, 0.3) is 0 Å². The van der Waals surface area contributed by atoms with Gasteiger partial charge in [0.15, 0.2) is 0 Å². The SMILES string of the molecule is Cc1cc(CC2NCCC2O)n(C)n1. The van der Waals surface area contributed by atoms with E-state index in [-0.39, 0.29) is 12.1 Å². The van der Waals surface area contributed by atoms with E-state index in [2.05, 4.69) is 16.5 Å². The van der Waals surface area contributed by atoms with E-state index in [9.17, 15) is 5.11 Å². The largest absolute Gasteiger partial charge is 0.391 e. The van der Waals surface area contributed by atoms with Crippen LogP contribution in [0.1, 0.15) is 17.8 Å². The van der Waals surface area contributed by atoms with Gasteiger partial charge in [-0.1, -0.05) is 0 Å². The van der Waals surface area contributed by atoms with Gasteiger partial charge in [-0.2, -0.15) is 5.10 Å². The molecule has 1 fully saturated rings. The van der Waals surface area contributed by atoms with Crippen molar-refractivity contribution in [3.8, 4) is 0 Å². The highest BCUT2D eigenvalue weighted by atomic mass is 16.3. The lowest BCUT2D eigenvalue weighted by molar-refractivity contribution is 0.158. The molecular weight excluding hydrogens is 178 g/mol. The van der Waals surface area contributed by atoms with Crippen molar-refractivity contribution in [1.82, 2.24) is 15.1 Å². The number of nitrogens with zero attached hydrogens (tertiary/aromatic N) is 2. The number of aromatic nitrogens is 2. The number of hydrogen-bond donors (Lipinski definition) is 2. The molecule has 0 aromatic carbocycles. The maximum absolute atomic E-state index is 9.66. The Hall–Kier alpha value is -0.870. The van der Waals surface area contributed by atoms with Crippen LogP contribution < -0.4 is 5.32 Å². The van der Waals surface area contributed by atoms with Gasteiger partial charge in [-0.3, -0.25) is 4.68 Å². The van der Waals surface area contributed by atoms with Gasteiger partial charge in [-0.05, 0) is 26.0 Å². The third kappa shape index (κ3) is 1.81. The maximum Gasteiger partial charge on any atom is 0.0709 e. The van der Waals surface area contributed by atoms with E-state index in [1.807, 2.05) is 18.7 Å². The predicted octanol–water partition coefficient (Wildman–Crippen LogP) is -0.00618. The smallest absolute Gasteiger partial charge is 0.0709 e. The summed E-state index contributed by atoms with van der Waals surface area (Å²) in [7, 11) is 1.95. The molecule has 0 bridgehead atoms. The minimum Gasteiger partial charge on any atom is -0.391 e. The minimum absolute atomic E-state index is 0.199. The van der Waals surface area contributed by atoms with Crippen LogP contribution in [0.15, 0.2) is 6.07 Å². The molecule has 0 radical (unpaired) electrons. The topological polar surface area (TPSA) is 50.1 Å². The van der Waals surface area contributed by atoms with Gasteiger partial charge in [0.2, 0.25) is 0 Å². The standard InChI is InChI=1S/C10H17N3O/c1-7-5-8(13(2)12-7)6-9-10(14)3-4-11-9/h5,9-11,14H,3-4,6H2,1-2H3. The second-order valence-electron chi connectivity index (χ2n) is 4.02. The molecule has 0 aliphatic carbocycles.